The fraction of sp³-hybridized carbons (Fsp3) is 0.167. The molecule has 1 aromatic carbocycles. The second kappa shape index (κ2) is 6.94. The van der Waals surface area contributed by atoms with Gasteiger partial charge in [0.05, 0.1) is 29.2 Å². The smallest absolute Gasteiger partial charge is 0.256 e. The van der Waals surface area contributed by atoms with E-state index in [9.17, 15) is 4.79 Å². The highest BCUT2D eigenvalue weighted by atomic mass is 35.5. The van der Waals surface area contributed by atoms with E-state index in [-0.39, 0.29) is 5.91 Å². The Morgan fingerprint density at radius 1 is 1.20 bits per heavy atom. The normalized spacial score (nSPS) is 10.6. The number of carbonyl (C=O) groups is 1. The van der Waals surface area contributed by atoms with Gasteiger partial charge in [-0.1, -0.05) is 11.6 Å². The first kappa shape index (κ1) is 17.0. The van der Waals surface area contributed by atoms with Crippen LogP contribution in [0.1, 0.15) is 21.7 Å². The van der Waals surface area contributed by atoms with Crippen molar-refractivity contribution in [3.63, 3.8) is 0 Å². The van der Waals surface area contributed by atoms with Crippen molar-refractivity contribution in [1.29, 1.82) is 0 Å². The minimum atomic E-state index is -0.269. The average Bonchev–Trinajstić information content (AvgIpc) is 2.89. The summed E-state index contributed by atoms with van der Waals surface area (Å²) in [4.78, 5) is 16.5. The summed E-state index contributed by atoms with van der Waals surface area (Å²) in [5.74, 6) is 0.615. The van der Waals surface area contributed by atoms with Crippen LogP contribution in [-0.4, -0.2) is 27.8 Å². The van der Waals surface area contributed by atoms with Crippen molar-refractivity contribution in [2.45, 2.75) is 13.8 Å². The van der Waals surface area contributed by atoms with Gasteiger partial charge in [-0.25, -0.2) is 9.67 Å². The predicted molar refractivity (Wildman–Crippen MR) is 96.8 cm³/mol. The van der Waals surface area contributed by atoms with Crippen molar-refractivity contribution in [2.24, 2.45) is 0 Å². The standard InChI is InChI=1S/C18H17ClN4O2/c1-11-16(19)12(2)23(22-11)14-8-6-13(7-9-14)18(24)21-17-15(25-3)5-4-10-20-17/h4-10H,1-3H3,(H,20,21,24). The summed E-state index contributed by atoms with van der Waals surface area (Å²) in [5, 5.41) is 7.79. The van der Waals surface area contributed by atoms with Crippen LogP contribution < -0.4 is 10.1 Å². The van der Waals surface area contributed by atoms with Gasteiger partial charge in [-0.3, -0.25) is 4.79 Å². The number of carbonyl (C=O) groups excluding carboxylic acids is 1. The largest absolute Gasteiger partial charge is 0.493 e. The highest BCUT2D eigenvalue weighted by Gasteiger charge is 2.13. The van der Waals surface area contributed by atoms with Crippen LogP contribution in [0.4, 0.5) is 5.82 Å². The number of anilines is 1. The number of hydrogen-bond acceptors (Lipinski definition) is 4. The average molecular weight is 357 g/mol. The molecule has 128 valence electrons. The first-order chi connectivity index (χ1) is 12.0. The minimum Gasteiger partial charge on any atom is -0.493 e. The fourth-order valence-corrected chi connectivity index (χ4v) is 2.58. The molecule has 0 radical (unpaired) electrons. The van der Waals surface area contributed by atoms with Gasteiger partial charge >= 0.3 is 0 Å². The topological polar surface area (TPSA) is 69.0 Å². The highest BCUT2D eigenvalue weighted by Crippen LogP contribution is 2.23. The molecular weight excluding hydrogens is 340 g/mol. The summed E-state index contributed by atoms with van der Waals surface area (Å²) in [6.45, 7) is 3.75. The Morgan fingerprint density at radius 2 is 1.92 bits per heavy atom. The number of benzene rings is 1. The van der Waals surface area contributed by atoms with Crippen LogP contribution in [0, 0.1) is 13.8 Å². The third-order valence-electron chi connectivity index (χ3n) is 3.80. The number of aryl methyl sites for hydroxylation is 1. The molecule has 0 atom stereocenters. The maximum absolute atomic E-state index is 12.4. The molecule has 0 spiro atoms. The lowest BCUT2D eigenvalue weighted by molar-refractivity contribution is 0.102. The number of halogens is 1. The Hall–Kier alpha value is -2.86. The summed E-state index contributed by atoms with van der Waals surface area (Å²) in [6, 6.07) is 10.6. The lowest BCUT2D eigenvalue weighted by Gasteiger charge is -2.09. The summed E-state index contributed by atoms with van der Waals surface area (Å²) < 4.78 is 6.94. The maximum Gasteiger partial charge on any atom is 0.256 e. The molecule has 0 fully saturated rings. The summed E-state index contributed by atoms with van der Waals surface area (Å²) in [5.41, 5.74) is 2.96. The zero-order chi connectivity index (χ0) is 18.0. The molecule has 0 saturated carbocycles. The van der Waals surface area contributed by atoms with Crippen molar-refractivity contribution in [2.75, 3.05) is 12.4 Å². The zero-order valence-electron chi connectivity index (χ0n) is 14.1. The number of methoxy groups -OCH3 is 1. The van der Waals surface area contributed by atoms with Gasteiger partial charge < -0.3 is 10.1 Å². The van der Waals surface area contributed by atoms with Crippen LogP contribution in [0.2, 0.25) is 5.02 Å². The van der Waals surface area contributed by atoms with Gasteiger partial charge in [0.25, 0.3) is 5.91 Å². The molecule has 1 N–H and O–H groups in total. The van der Waals surface area contributed by atoms with Crippen molar-refractivity contribution in [3.05, 3.63) is 64.6 Å². The van der Waals surface area contributed by atoms with E-state index in [1.807, 2.05) is 26.0 Å². The molecule has 3 aromatic rings. The second-order valence-electron chi connectivity index (χ2n) is 5.45. The number of hydrogen-bond donors (Lipinski definition) is 1. The lowest BCUT2D eigenvalue weighted by Crippen LogP contribution is -2.14. The highest BCUT2D eigenvalue weighted by molar-refractivity contribution is 6.31. The number of aromatic nitrogens is 3. The Labute approximate surface area is 150 Å². The van der Waals surface area contributed by atoms with Gasteiger partial charge in [0, 0.05) is 11.8 Å². The van der Waals surface area contributed by atoms with E-state index < -0.39 is 0 Å². The van der Waals surface area contributed by atoms with Crippen LogP contribution in [0.15, 0.2) is 42.6 Å². The van der Waals surface area contributed by atoms with Crippen molar-refractivity contribution < 1.29 is 9.53 Å². The van der Waals surface area contributed by atoms with Gasteiger partial charge in [0.1, 0.15) is 0 Å². The van der Waals surface area contributed by atoms with E-state index >= 15 is 0 Å². The van der Waals surface area contributed by atoms with Crippen LogP contribution in [0.3, 0.4) is 0 Å². The number of amides is 1. The number of nitrogens with one attached hydrogen (secondary N) is 1. The van der Waals surface area contributed by atoms with Gasteiger partial charge in [0.15, 0.2) is 11.6 Å². The van der Waals surface area contributed by atoms with E-state index in [1.54, 1.807) is 35.1 Å². The molecule has 1 amide bonds. The van der Waals surface area contributed by atoms with Gasteiger partial charge in [0.2, 0.25) is 0 Å². The molecule has 0 aliphatic heterocycles. The Morgan fingerprint density at radius 3 is 2.52 bits per heavy atom. The van der Waals surface area contributed by atoms with E-state index in [2.05, 4.69) is 15.4 Å². The summed E-state index contributed by atoms with van der Waals surface area (Å²) in [6.07, 6.45) is 1.59. The summed E-state index contributed by atoms with van der Waals surface area (Å²) >= 11 is 6.18. The molecule has 0 aliphatic carbocycles. The van der Waals surface area contributed by atoms with Crippen LogP contribution in [0.25, 0.3) is 5.69 Å². The van der Waals surface area contributed by atoms with E-state index in [0.29, 0.717) is 22.2 Å². The zero-order valence-corrected chi connectivity index (χ0v) is 14.8. The molecule has 0 saturated heterocycles. The van der Waals surface area contributed by atoms with E-state index in [0.717, 1.165) is 17.1 Å². The SMILES string of the molecule is COc1cccnc1NC(=O)c1ccc(-n2nc(C)c(Cl)c2C)cc1. The molecule has 3 rings (SSSR count). The van der Waals surface area contributed by atoms with Crippen molar-refractivity contribution in [1.82, 2.24) is 14.8 Å². The third-order valence-corrected chi connectivity index (χ3v) is 4.35. The Balaban J connectivity index is 1.82. The fourth-order valence-electron chi connectivity index (χ4n) is 2.46. The van der Waals surface area contributed by atoms with E-state index in [4.69, 9.17) is 16.3 Å². The molecule has 0 bridgehead atoms. The Kier molecular flexibility index (Phi) is 4.72. The number of ether oxygens (including phenoxy) is 1. The van der Waals surface area contributed by atoms with Crippen LogP contribution in [-0.2, 0) is 0 Å². The molecule has 2 heterocycles. The monoisotopic (exact) mass is 356 g/mol. The first-order valence-corrected chi connectivity index (χ1v) is 8.01. The van der Waals surface area contributed by atoms with Crippen LogP contribution >= 0.6 is 11.6 Å². The minimum absolute atomic E-state index is 0.269. The van der Waals surface area contributed by atoms with Crippen LogP contribution in [0.5, 0.6) is 5.75 Å². The molecule has 7 heteroatoms. The predicted octanol–water partition coefficient (Wildman–Crippen LogP) is 3.80. The Bertz CT molecular complexity index is 919. The molecule has 6 nitrogen and oxygen atoms in total. The first-order valence-electron chi connectivity index (χ1n) is 7.63. The van der Waals surface area contributed by atoms with E-state index in [1.165, 1.54) is 7.11 Å². The molecule has 25 heavy (non-hydrogen) atoms. The van der Waals surface area contributed by atoms with Crippen molar-refractivity contribution in [3.8, 4) is 11.4 Å². The number of rotatable bonds is 4. The maximum atomic E-state index is 12.4. The lowest BCUT2D eigenvalue weighted by atomic mass is 10.2. The number of pyridine rings is 1. The number of nitrogens with zero attached hydrogens (tertiary/aromatic N) is 3. The quantitative estimate of drug-likeness (QED) is 0.772. The summed E-state index contributed by atoms with van der Waals surface area (Å²) in [7, 11) is 1.53. The molecule has 0 aliphatic rings. The van der Waals surface area contributed by atoms with Crippen molar-refractivity contribution >= 4 is 23.3 Å². The van der Waals surface area contributed by atoms with Gasteiger partial charge in [-0.2, -0.15) is 5.10 Å². The molecular formula is C18H17ClN4O2. The van der Waals surface area contributed by atoms with Gasteiger partial charge in [-0.05, 0) is 50.2 Å². The van der Waals surface area contributed by atoms with Gasteiger partial charge in [-0.15, -0.1) is 0 Å². The second-order valence-corrected chi connectivity index (χ2v) is 5.83. The molecule has 0 unspecified atom stereocenters. The molecule has 2 aromatic heterocycles. The third kappa shape index (κ3) is 3.34.